The molecular weight excluding hydrogens is 367 g/mol. The van der Waals surface area contributed by atoms with Crippen LogP contribution in [0.5, 0.6) is 0 Å². The first-order valence-corrected chi connectivity index (χ1v) is 10.6. The van der Waals surface area contributed by atoms with E-state index < -0.39 is 0 Å². The molecule has 2 rings (SSSR count). The standard InChI is InChI=1S/C21H32Cl2N2O/c1-5-25(21(26)15(2)3)18-9-12-24(13-10-18)11-8-16(4)17-6-7-19(22)20(23)14-17/h6-7,14-16,18H,5,8-13H2,1-4H3. The molecule has 1 unspecified atom stereocenters. The van der Waals surface area contributed by atoms with E-state index in [1.807, 2.05) is 26.0 Å². The predicted molar refractivity (Wildman–Crippen MR) is 111 cm³/mol. The highest BCUT2D eigenvalue weighted by Crippen LogP contribution is 2.28. The first kappa shape index (κ1) is 21.5. The van der Waals surface area contributed by atoms with Crippen LogP contribution in [0.1, 0.15) is 58.4 Å². The molecule has 1 amide bonds. The fourth-order valence-electron chi connectivity index (χ4n) is 3.74. The zero-order valence-electron chi connectivity index (χ0n) is 16.5. The minimum Gasteiger partial charge on any atom is -0.340 e. The van der Waals surface area contributed by atoms with Crippen LogP contribution in [0.15, 0.2) is 18.2 Å². The molecule has 0 aliphatic carbocycles. The van der Waals surface area contributed by atoms with Crippen LogP contribution in [0.3, 0.4) is 0 Å². The van der Waals surface area contributed by atoms with Crippen molar-refractivity contribution in [1.29, 1.82) is 0 Å². The number of halogens is 2. The summed E-state index contributed by atoms with van der Waals surface area (Å²) in [4.78, 5) is 17.0. The van der Waals surface area contributed by atoms with E-state index in [9.17, 15) is 4.79 Å². The molecule has 1 aromatic carbocycles. The molecule has 26 heavy (non-hydrogen) atoms. The van der Waals surface area contributed by atoms with E-state index >= 15 is 0 Å². The van der Waals surface area contributed by atoms with Crippen LogP contribution in [0.25, 0.3) is 0 Å². The van der Waals surface area contributed by atoms with Crippen molar-refractivity contribution in [2.75, 3.05) is 26.2 Å². The summed E-state index contributed by atoms with van der Waals surface area (Å²) >= 11 is 12.1. The molecule has 0 saturated carbocycles. The lowest BCUT2D eigenvalue weighted by atomic mass is 9.96. The van der Waals surface area contributed by atoms with E-state index in [2.05, 4.69) is 29.7 Å². The summed E-state index contributed by atoms with van der Waals surface area (Å²) in [5, 5.41) is 1.24. The second-order valence-corrected chi connectivity index (χ2v) is 8.53. The summed E-state index contributed by atoms with van der Waals surface area (Å²) in [7, 11) is 0. The van der Waals surface area contributed by atoms with Gasteiger partial charge in [-0.15, -0.1) is 0 Å². The van der Waals surface area contributed by atoms with E-state index in [1.54, 1.807) is 0 Å². The summed E-state index contributed by atoms with van der Waals surface area (Å²) in [5.41, 5.74) is 1.24. The van der Waals surface area contributed by atoms with Gasteiger partial charge < -0.3 is 9.80 Å². The highest BCUT2D eigenvalue weighted by molar-refractivity contribution is 6.42. The van der Waals surface area contributed by atoms with E-state index in [-0.39, 0.29) is 5.92 Å². The number of hydrogen-bond donors (Lipinski definition) is 0. The quantitative estimate of drug-likeness (QED) is 0.608. The molecule has 3 nitrogen and oxygen atoms in total. The number of benzene rings is 1. The lowest BCUT2D eigenvalue weighted by molar-refractivity contribution is -0.137. The average molecular weight is 399 g/mol. The van der Waals surface area contributed by atoms with Gasteiger partial charge in [0.25, 0.3) is 0 Å². The van der Waals surface area contributed by atoms with Crippen molar-refractivity contribution in [2.45, 2.75) is 58.9 Å². The second-order valence-electron chi connectivity index (χ2n) is 7.72. The van der Waals surface area contributed by atoms with Crippen molar-refractivity contribution in [2.24, 2.45) is 5.92 Å². The minimum atomic E-state index is 0.0834. The largest absolute Gasteiger partial charge is 0.340 e. The van der Waals surface area contributed by atoms with Gasteiger partial charge >= 0.3 is 0 Å². The Bertz CT molecular complexity index is 598. The molecule has 1 aliphatic heterocycles. The maximum Gasteiger partial charge on any atom is 0.225 e. The lowest BCUT2D eigenvalue weighted by Crippen LogP contribution is -2.48. The molecule has 0 aromatic heterocycles. The molecule has 1 heterocycles. The van der Waals surface area contributed by atoms with Crippen LogP contribution in [-0.4, -0.2) is 47.9 Å². The number of carbonyl (C=O) groups is 1. The van der Waals surface area contributed by atoms with Crippen LogP contribution < -0.4 is 0 Å². The van der Waals surface area contributed by atoms with E-state index in [4.69, 9.17) is 23.2 Å². The Morgan fingerprint density at radius 2 is 1.85 bits per heavy atom. The summed E-state index contributed by atoms with van der Waals surface area (Å²) in [6.07, 6.45) is 3.26. The third-order valence-electron chi connectivity index (χ3n) is 5.51. The van der Waals surface area contributed by atoms with Gasteiger partial charge in [0.15, 0.2) is 0 Å². The molecular formula is C21H32Cl2N2O. The van der Waals surface area contributed by atoms with Gasteiger partial charge in [-0.05, 0) is 56.3 Å². The molecule has 0 spiro atoms. The Hall–Kier alpha value is -0.770. The second kappa shape index (κ2) is 9.96. The van der Waals surface area contributed by atoms with Crippen molar-refractivity contribution in [3.63, 3.8) is 0 Å². The Morgan fingerprint density at radius 3 is 2.38 bits per heavy atom. The van der Waals surface area contributed by atoms with Crippen molar-refractivity contribution in [3.05, 3.63) is 33.8 Å². The van der Waals surface area contributed by atoms with Crippen LogP contribution in [0.2, 0.25) is 10.0 Å². The van der Waals surface area contributed by atoms with Gasteiger partial charge in [0, 0.05) is 31.6 Å². The van der Waals surface area contributed by atoms with E-state index in [1.165, 1.54) is 5.56 Å². The Kier molecular flexibility index (Phi) is 8.25. The third-order valence-corrected chi connectivity index (χ3v) is 6.25. The van der Waals surface area contributed by atoms with Gasteiger partial charge in [-0.2, -0.15) is 0 Å². The highest BCUT2D eigenvalue weighted by Gasteiger charge is 2.28. The molecule has 1 aliphatic rings. The Balaban J connectivity index is 1.81. The molecule has 1 aromatic rings. The molecule has 0 bridgehead atoms. The fourth-order valence-corrected chi connectivity index (χ4v) is 4.05. The number of amides is 1. The zero-order valence-corrected chi connectivity index (χ0v) is 18.0. The molecule has 0 N–H and O–H groups in total. The van der Waals surface area contributed by atoms with E-state index in [0.29, 0.717) is 27.9 Å². The number of nitrogens with zero attached hydrogens (tertiary/aromatic N) is 2. The lowest BCUT2D eigenvalue weighted by Gasteiger charge is -2.39. The summed E-state index contributed by atoms with van der Waals surface area (Å²) in [6.45, 7) is 12.3. The van der Waals surface area contributed by atoms with Crippen molar-refractivity contribution in [1.82, 2.24) is 9.80 Å². The highest BCUT2D eigenvalue weighted by atomic mass is 35.5. The molecule has 1 fully saturated rings. The third kappa shape index (κ3) is 5.61. The van der Waals surface area contributed by atoms with Crippen LogP contribution in [0, 0.1) is 5.92 Å². The summed E-state index contributed by atoms with van der Waals surface area (Å²) < 4.78 is 0. The van der Waals surface area contributed by atoms with Gasteiger partial charge in [-0.3, -0.25) is 4.79 Å². The summed E-state index contributed by atoms with van der Waals surface area (Å²) in [5.74, 6) is 0.830. The Morgan fingerprint density at radius 1 is 1.19 bits per heavy atom. The monoisotopic (exact) mass is 398 g/mol. The molecule has 5 heteroatoms. The zero-order chi connectivity index (χ0) is 19.3. The van der Waals surface area contributed by atoms with Crippen LogP contribution >= 0.6 is 23.2 Å². The van der Waals surface area contributed by atoms with Crippen LogP contribution in [-0.2, 0) is 4.79 Å². The van der Waals surface area contributed by atoms with E-state index in [0.717, 1.165) is 45.4 Å². The fraction of sp³-hybridized carbons (Fsp3) is 0.667. The smallest absolute Gasteiger partial charge is 0.225 e. The minimum absolute atomic E-state index is 0.0834. The molecule has 146 valence electrons. The van der Waals surface area contributed by atoms with Crippen molar-refractivity contribution < 1.29 is 4.79 Å². The number of likely N-dealkylation sites (tertiary alicyclic amines) is 1. The maximum atomic E-state index is 12.4. The van der Waals surface area contributed by atoms with Gasteiger partial charge in [-0.25, -0.2) is 0 Å². The van der Waals surface area contributed by atoms with Gasteiger partial charge in [0.2, 0.25) is 5.91 Å². The first-order chi connectivity index (χ1) is 12.3. The van der Waals surface area contributed by atoms with Crippen molar-refractivity contribution in [3.8, 4) is 0 Å². The maximum absolute atomic E-state index is 12.4. The van der Waals surface area contributed by atoms with Gasteiger partial charge in [-0.1, -0.05) is 50.0 Å². The number of hydrogen-bond acceptors (Lipinski definition) is 2. The normalized spacial score (nSPS) is 17.5. The molecule has 0 radical (unpaired) electrons. The van der Waals surface area contributed by atoms with Gasteiger partial charge in [0.1, 0.15) is 0 Å². The number of piperidine rings is 1. The Labute approximate surface area is 168 Å². The molecule has 1 saturated heterocycles. The van der Waals surface area contributed by atoms with Gasteiger partial charge in [0.05, 0.1) is 10.0 Å². The number of rotatable bonds is 7. The first-order valence-electron chi connectivity index (χ1n) is 9.81. The number of carbonyl (C=O) groups excluding carboxylic acids is 1. The summed E-state index contributed by atoms with van der Waals surface area (Å²) in [6, 6.07) is 6.34. The van der Waals surface area contributed by atoms with Crippen molar-refractivity contribution >= 4 is 29.1 Å². The SMILES string of the molecule is CCN(C(=O)C(C)C)C1CCN(CCC(C)c2ccc(Cl)c(Cl)c2)CC1. The average Bonchev–Trinajstić information content (AvgIpc) is 2.63. The predicted octanol–water partition coefficient (Wildman–Crippen LogP) is 5.46. The van der Waals surface area contributed by atoms with Crippen LogP contribution in [0.4, 0.5) is 0 Å². The topological polar surface area (TPSA) is 23.6 Å². The molecule has 1 atom stereocenters.